The maximum Gasteiger partial charge on any atom is 0.141 e. The molecule has 4 rings (SSSR count). The van der Waals surface area contributed by atoms with E-state index in [1.807, 2.05) is 12.1 Å². The monoisotopic (exact) mass is 335 g/mol. The second-order valence-electron chi connectivity index (χ2n) is 6.21. The van der Waals surface area contributed by atoms with Crippen LogP contribution in [-0.4, -0.2) is 55.6 Å². The molecule has 1 aromatic carbocycles. The fourth-order valence-corrected chi connectivity index (χ4v) is 3.53. The Bertz CT molecular complexity index is 616. The van der Waals surface area contributed by atoms with Crippen LogP contribution in [-0.2, 0) is 4.74 Å². The number of ether oxygens (including phenoxy) is 2. The molecule has 0 aliphatic carbocycles. The van der Waals surface area contributed by atoms with Crippen LogP contribution in [0.3, 0.4) is 0 Å². The van der Waals surface area contributed by atoms with Crippen LogP contribution in [0.5, 0.6) is 5.75 Å². The lowest BCUT2D eigenvalue weighted by Gasteiger charge is -2.47. The van der Waals surface area contributed by atoms with Gasteiger partial charge in [0.15, 0.2) is 0 Å². The first kappa shape index (κ1) is 16.6. The Morgan fingerprint density at radius 3 is 2.74 bits per heavy atom. The van der Waals surface area contributed by atoms with Gasteiger partial charge in [0, 0.05) is 25.1 Å². The van der Waals surface area contributed by atoms with E-state index in [2.05, 4.69) is 16.7 Å². The van der Waals surface area contributed by atoms with E-state index in [0.717, 1.165) is 31.5 Å². The zero-order chi connectivity index (χ0) is 16.3. The van der Waals surface area contributed by atoms with Crippen molar-refractivity contribution in [1.29, 1.82) is 0 Å². The third-order valence-electron chi connectivity index (χ3n) is 4.63. The molecule has 0 aromatic heterocycles. The summed E-state index contributed by atoms with van der Waals surface area (Å²) >= 11 is 6.22. The van der Waals surface area contributed by atoms with Gasteiger partial charge in [-0.1, -0.05) is 23.4 Å². The summed E-state index contributed by atoms with van der Waals surface area (Å²) in [7, 11) is 1.63. The van der Waals surface area contributed by atoms with Gasteiger partial charge in [-0.2, -0.15) is 0 Å². The van der Waals surface area contributed by atoms with Crippen LogP contribution < -0.4 is 4.74 Å². The van der Waals surface area contributed by atoms with E-state index in [9.17, 15) is 5.11 Å². The van der Waals surface area contributed by atoms with Gasteiger partial charge in [0.2, 0.25) is 0 Å². The van der Waals surface area contributed by atoms with Crippen molar-refractivity contribution in [2.45, 2.75) is 18.4 Å². The topological polar surface area (TPSA) is 41.9 Å². The first-order chi connectivity index (χ1) is 11.1. The number of halogens is 1. The molecule has 2 bridgehead atoms. The van der Waals surface area contributed by atoms with Gasteiger partial charge < -0.3 is 14.6 Å². The fraction of sp³-hybridized carbons (Fsp3) is 0.556. The van der Waals surface area contributed by atoms with E-state index in [1.165, 1.54) is 0 Å². The highest BCUT2D eigenvalue weighted by Gasteiger charge is 2.44. The summed E-state index contributed by atoms with van der Waals surface area (Å²) in [6.07, 6.45) is 2.05. The molecule has 1 unspecified atom stereocenters. The van der Waals surface area contributed by atoms with Gasteiger partial charge in [-0.3, -0.25) is 4.90 Å². The highest BCUT2D eigenvalue weighted by molar-refractivity contribution is 6.32. The quantitative estimate of drug-likeness (QED) is 0.676. The SMILES string of the molecule is COCCOc1ccc(C#CC2(O)CN3CCC2CC3)cc1Cl. The lowest BCUT2D eigenvalue weighted by molar-refractivity contribution is -0.0713. The number of rotatable bonds is 4. The van der Waals surface area contributed by atoms with E-state index in [0.29, 0.717) is 30.5 Å². The Hall–Kier alpha value is -1.25. The average Bonchev–Trinajstić information content (AvgIpc) is 2.56. The van der Waals surface area contributed by atoms with E-state index in [4.69, 9.17) is 21.1 Å². The van der Waals surface area contributed by atoms with Crippen molar-refractivity contribution in [1.82, 2.24) is 4.90 Å². The summed E-state index contributed by atoms with van der Waals surface area (Å²) in [5.74, 6) is 7.08. The zero-order valence-electron chi connectivity index (χ0n) is 13.3. The van der Waals surface area contributed by atoms with Crippen LogP contribution in [0.4, 0.5) is 0 Å². The molecule has 0 spiro atoms. The minimum Gasteiger partial charge on any atom is -0.490 e. The number of hydrogen-bond donors (Lipinski definition) is 1. The van der Waals surface area contributed by atoms with Gasteiger partial charge in [0.05, 0.1) is 11.6 Å². The Morgan fingerprint density at radius 2 is 2.13 bits per heavy atom. The van der Waals surface area contributed by atoms with Crippen LogP contribution in [0.2, 0.25) is 5.02 Å². The van der Waals surface area contributed by atoms with Crippen molar-refractivity contribution < 1.29 is 14.6 Å². The molecule has 0 saturated carbocycles. The minimum atomic E-state index is -0.892. The molecule has 5 heteroatoms. The molecular weight excluding hydrogens is 314 g/mol. The molecule has 3 heterocycles. The van der Waals surface area contributed by atoms with Crippen LogP contribution in [0.15, 0.2) is 18.2 Å². The highest BCUT2D eigenvalue weighted by atomic mass is 35.5. The summed E-state index contributed by atoms with van der Waals surface area (Å²) in [4.78, 5) is 2.29. The maximum atomic E-state index is 10.8. The van der Waals surface area contributed by atoms with Crippen molar-refractivity contribution in [3.8, 4) is 17.6 Å². The Kier molecular flexibility index (Phi) is 5.13. The second kappa shape index (κ2) is 7.11. The Balaban J connectivity index is 1.70. The lowest BCUT2D eigenvalue weighted by atomic mass is 9.76. The highest BCUT2D eigenvalue weighted by Crippen LogP contribution is 2.35. The predicted molar refractivity (Wildman–Crippen MR) is 89.8 cm³/mol. The third kappa shape index (κ3) is 3.81. The molecule has 4 nitrogen and oxygen atoms in total. The molecule has 0 amide bonds. The molecule has 1 atom stereocenters. The van der Waals surface area contributed by atoms with Crippen molar-refractivity contribution in [3.05, 3.63) is 28.8 Å². The van der Waals surface area contributed by atoms with E-state index in [-0.39, 0.29) is 5.92 Å². The smallest absolute Gasteiger partial charge is 0.141 e. The number of aliphatic hydroxyl groups is 1. The Labute approximate surface area is 142 Å². The van der Waals surface area contributed by atoms with Crippen molar-refractivity contribution in [3.63, 3.8) is 0 Å². The molecule has 3 aliphatic heterocycles. The van der Waals surface area contributed by atoms with Crippen molar-refractivity contribution >= 4 is 11.6 Å². The number of nitrogens with zero attached hydrogens (tertiary/aromatic N) is 1. The number of methoxy groups -OCH3 is 1. The Morgan fingerprint density at radius 1 is 1.35 bits per heavy atom. The van der Waals surface area contributed by atoms with Gasteiger partial charge >= 0.3 is 0 Å². The molecule has 3 fully saturated rings. The molecular formula is C18H22ClNO3. The molecule has 3 aliphatic rings. The zero-order valence-corrected chi connectivity index (χ0v) is 14.1. The average molecular weight is 336 g/mol. The first-order valence-corrected chi connectivity index (χ1v) is 8.38. The summed E-state index contributed by atoms with van der Waals surface area (Å²) < 4.78 is 10.5. The number of fused-ring (bicyclic) bond motifs is 3. The third-order valence-corrected chi connectivity index (χ3v) is 4.92. The van der Waals surface area contributed by atoms with Gasteiger partial charge in [-0.15, -0.1) is 0 Å². The molecule has 124 valence electrons. The maximum absolute atomic E-state index is 10.8. The summed E-state index contributed by atoms with van der Waals surface area (Å²) in [5, 5.41) is 11.3. The number of hydrogen-bond acceptors (Lipinski definition) is 4. The predicted octanol–water partition coefficient (Wildman–Crippen LogP) is 2.17. The van der Waals surface area contributed by atoms with E-state index in [1.54, 1.807) is 13.2 Å². The lowest BCUT2D eigenvalue weighted by Crippen LogP contribution is -2.58. The first-order valence-electron chi connectivity index (χ1n) is 8.00. The summed E-state index contributed by atoms with van der Waals surface area (Å²) in [6.45, 7) is 3.78. The summed E-state index contributed by atoms with van der Waals surface area (Å²) in [6, 6.07) is 5.45. The standard InChI is InChI=1S/C18H22ClNO3/c1-22-10-11-23-17-3-2-14(12-16(17)19)4-7-18(21)13-20-8-5-15(18)6-9-20/h2-3,12,15,21H,5-6,8-11,13H2,1H3. The van der Waals surface area contributed by atoms with E-state index >= 15 is 0 Å². The van der Waals surface area contributed by atoms with Crippen LogP contribution >= 0.6 is 11.6 Å². The van der Waals surface area contributed by atoms with Crippen molar-refractivity contribution in [2.24, 2.45) is 5.92 Å². The number of piperidine rings is 3. The molecule has 23 heavy (non-hydrogen) atoms. The number of benzene rings is 1. The normalized spacial score (nSPS) is 29.0. The van der Waals surface area contributed by atoms with Gasteiger partial charge in [-0.05, 0) is 44.1 Å². The van der Waals surface area contributed by atoms with Crippen LogP contribution in [0, 0.1) is 17.8 Å². The summed E-state index contributed by atoms with van der Waals surface area (Å²) in [5.41, 5.74) is -0.102. The minimum absolute atomic E-state index is 0.284. The molecule has 3 saturated heterocycles. The van der Waals surface area contributed by atoms with E-state index < -0.39 is 5.60 Å². The van der Waals surface area contributed by atoms with Gasteiger partial charge in [0.1, 0.15) is 18.0 Å². The molecule has 0 radical (unpaired) electrons. The van der Waals surface area contributed by atoms with Gasteiger partial charge in [-0.25, -0.2) is 0 Å². The van der Waals surface area contributed by atoms with Crippen LogP contribution in [0.1, 0.15) is 18.4 Å². The fourth-order valence-electron chi connectivity index (χ4n) is 3.29. The molecule has 1 aromatic rings. The molecule has 1 N–H and O–H groups in total. The van der Waals surface area contributed by atoms with Crippen LogP contribution in [0.25, 0.3) is 0 Å². The van der Waals surface area contributed by atoms with Gasteiger partial charge in [0.25, 0.3) is 0 Å². The van der Waals surface area contributed by atoms with Crippen molar-refractivity contribution in [2.75, 3.05) is 40.0 Å². The largest absolute Gasteiger partial charge is 0.490 e. The second-order valence-corrected chi connectivity index (χ2v) is 6.62.